The van der Waals surface area contributed by atoms with Gasteiger partial charge in [-0.3, -0.25) is 0 Å². The molecule has 2 unspecified atom stereocenters. The quantitative estimate of drug-likeness (QED) is 0.719. The molecular weight excluding hydrogens is 206 g/mol. The molecule has 0 aromatic carbocycles. The molecule has 0 bridgehead atoms. The Morgan fingerprint density at radius 2 is 2.00 bits per heavy atom. The lowest BCUT2D eigenvalue weighted by Crippen LogP contribution is -2.41. The van der Waals surface area contributed by atoms with Crippen molar-refractivity contribution in [3.8, 4) is 0 Å². The summed E-state index contributed by atoms with van der Waals surface area (Å²) in [7, 11) is 0. The molecule has 90 valence electrons. The molecule has 2 rings (SSSR count). The zero-order valence-corrected chi connectivity index (χ0v) is 9.35. The smallest absolute Gasteiger partial charge is 0.129 e. The molecule has 1 aromatic heterocycles. The van der Waals surface area contributed by atoms with Crippen molar-refractivity contribution in [2.24, 2.45) is 0 Å². The van der Waals surface area contributed by atoms with E-state index in [1.807, 2.05) is 6.07 Å². The number of hydrogen-bond acceptors (Lipinski definition) is 4. The van der Waals surface area contributed by atoms with Crippen molar-refractivity contribution in [1.82, 2.24) is 5.32 Å². The maximum atomic E-state index is 9.77. The van der Waals surface area contributed by atoms with E-state index >= 15 is 0 Å². The van der Waals surface area contributed by atoms with Gasteiger partial charge in [-0.25, -0.2) is 0 Å². The third-order valence-electron chi connectivity index (χ3n) is 3.14. The molecule has 4 heteroatoms. The van der Waals surface area contributed by atoms with Gasteiger partial charge in [-0.15, -0.1) is 0 Å². The Balaban J connectivity index is 1.81. The van der Waals surface area contributed by atoms with Crippen LogP contribution in [0.3, 0.4) is 0 Å². The molecule has 0 aliphatic heterocycles. The predicted molar refractivity (Wildman–Crippen MR) is 59.7 cm³/mol. The van der Waals surface area contributed by atoms with Crippen molar-refractivity contribution < 1.29 is 14.6 Å². The van der Waals surface area contributed by atoms with Gasteiger partial charge in [0.1, 0.15) is 18.1 Å². The van der Waals surface area contributed by atoms with Gasteiger partial charge in [0, 0.05) is 6.04 Å². The molecule has 3 N–H and O–H groups in total. The monoisotopic (exact) mass is 225 g/mol. The van der Waals surface area contributed by atoms with Crippen molar-refractivity contribution in [2.45, 2.75) is 51.0 Å². The van der Waals surface area contributed by atoms with E-state index in [9.17, 15) is 5.11 Å². The molecule has 0 amide bonds. The van der Waals surface area contributed by atoms with Crippen LogP contribution < -0.4 is 5.32 Å². The van der Waals surface area contributed by atoms with Gasteiger partial charge in [0.15, 0.2) is 0 Å². The Kier molecular flexibility index (Phi) is 3.98. The Bertz CT molecular complexity index is 324. The van der Waals surface area contributed by atoms with E-state index in [1.54, 1.807) is 6.07 Å². The molecule has 2 atom stereocenters. The van der Waals surface area contributed by atoms with Gasteiger partial charge >= 0.3 is 0 Å². The van der Waals surface area contributed by atoms with E-state index in [2.05, 4.69) is 5.32 Å². The molecule has 1 aliphatic carbocycles. The van der Waals surface area contributed by atoms with Crippen LogP contribution in [0, 0.1) is 0 Å². The van der Waals surface area contributed by atoms with Crippen molar-refractivity contribution in [2.75, 3.05) is 0 Å². The highest BCUT2D eigenvalue weighted by Gasteiger charge is 2.22. The number of nitrogens with one attached hydrogen (secondary N) is 1. The SMILES string of the molecule is OCc1ccc(CNC2CCCCC2O)o1. The second kappa shape index (κ2) is 5.48. The van der Waals surface area contributed by atoms with E-state index < -0.39 is 0 Å². The summed E-state index contributed by atoms with van der Waals surface area (Å²) in [6.07, 6.45) is 3.97. The fourth-order valence-electron chi connectivity index (χ4n) is 2.18. The molecule has 1 aliphatic rings. The van der Waals surface area contributed by atoms with E-state index in [1.165, 1.54) is 6.42 Å². The molecule has 1 heterocycles. The highest BCUT2D eigenvalue weighted by Crippen LogP contribution is 2.19. The number of rotatable bonds is 4. The van der Waals surface area contributed by atoms with Crippen LogP contribution in [0.4, 0.5) is 0 Å². The first-order chi connectivity index (χ1) is 7.79. The molecule has 0 spiro atoms. The lowest BCUT2D eigenvalue weighted by Gasteiger charge is -2.28. The summed E-state index contributed by atoms with van der Waals surface area (Å²) < 4.78 is 5.36. The van der Waals surface area contributed by atoms with Gasteiger partial charge in [-0.1, -0.05) is 12.8 Å². The van der Waals surface area contributed by atoms with Gasteiger partial charge < -0.3 is 19.9 Å². The zero-order valence-electron chi connectivity index (χ0n) is 9.35. The number of hydrogen-bond donors (Lipinski definition) is 3. The van der Waals surface area contributed by atoms with E-state index in [-0.39, 0.29) is 18.8 Å². The Labute approximate surface area is 95.3 Å². The summed E-state index contributed by atoms with van der Waals surface area (Å²) in [5.41, 5.74) is 0. The van der Waals surface area contributed by atoms with Gasteiger partial charge in [0.25, 0.3) is 0 Å². The first-order valence-electron chi connectivity index (χ1n) is 5.89. The van der Waals surface area contributed by atoms with E-state index in [0.717, 1.165) is 25.0 Å². The summed E-state index contributed by atoms with van der Waals surface area (Å²) in [4.78, 5) is 0. The molecule has 0 saturated heterocycles. The molecule has 0 radical (unpaired) electrons. The molecule has 16 heavy (non-hydrogen) atoms. The molecule has 1 saturated carbocycles. The maximum Gasteiger partial charge on any atom is 0.129 e. The normalized spacial score (nSPS) is 25.9. The summed E-state index contributed by atoms with van der Waals surface area (Å²) in [5.74, 6) is 1.39. The van der Waals surface area contributed by atoms with Gasteiger partial charge in [-0.05, 0) is 25.0 Å². The Morgan fingerprint density at radius 1 is 1.25 bits per heavy atom. The molecular formula is C12H19NO3. The third kappa shape index (κ3) is 2.84. The zero-order chi connectivity index (χ0) is 11.4. The van der Waals surface area contributed by atoms with E-state index in [4.69, 9.17) is 9.52 Å². The minimum Gasteiger partial charge on any atom is -0.462 e. The lowest BCUT2D eigenvalue weighted by molar-refractivity contribution is 0.0891. The van der Waals surface area contributed by atoms with Gasteiger partial charge in [-0.2, -0.15) is 0 Å². The van der Waals surface area contributed by atoms with Crippen molar-refractivity contribution >= 4 is 0 Å². The van der Waals surface area contributed by atoms with Crippen LogP contribution in [0.15, 0.2) is 16.5 Å². The third-order valence-corrected chi connectivity index (χ3v) is 3.14. The minimum atomic E-state index is -0.235. The predicted octanol–water partition coefficient (Wildman–Crippen LogP) is 1.16. The summed E-state index contributed by atoms with van der Waals surface area (Å²) in [6, 6.07) is 3.80. The highest BCUT2D eigenvalue weighted by atomic mass is 16.4. The first-order valence-corrected chi connectivity index (χ1v) is 5.89. The second-order valence-corrected chi connectivity index (χ2v) is 4.37. The fourth-order valence-corrected chi connectivity index (χ4v) is 2.18. The van der Waals surface area contributed by atoms with Crippen LogP contribution in [0.2, 0.25) is 0 Å². The van der Waals surface area contributed by atoms with Crippen LogP contribution in [0.5, 0.6) is 0 Å². The number of aliphatic hydroxyl groups excluding tert-OH is 2. The van der Waals surface area contributed by atoms with Gasteiger partial charge in [0.05, 0.1) is 12.6 Å². The van der Waals surface area contributed by atoms with Crippen LogP contribution in [-0.2, 0) is 13.2 Å². The number of furan rings is 1. The highest BCUT2D eigenvalue weighted by molar-refractivity contribution is 5.06. The summed E-state index contributed by atoms with van der Waals surface area (Å²) in [5, 5.41) is 21.9. The largest absolute Gasteiger partial charge is 0.462 e. The van der Waals surface area contributed by atoms with E-state index in [0.29, 0.717) is 12.3 Å². The van der Waals surface area contributed by atoms with Crippen LogP contribution in [0.25, 0.3) is 0 Å². The molecule has 4 nitrogen and oxygen atoms in total. The van der Waals surface area contributed by atoms with Crippen LogP contribution in [0.1, 0.15) is 37.2 Å². The minimum absolute atomic E-state index is 0.0634. The average molecular weight is 225 g/mol. The molecule has 1 fully saturated rings. The van der Waals surface area contributed by atoms with Crippen molar-refractivity contribution in [3.63, 3.8) is 0 Å². The first kappa shape index (κ1) is 11.6. The molecule has 1 aromatic rings. The van der Waals surface area contributed by atoms with Crippen molar-refractivity contribution in [3.05, 3.63) is 23.7 Å². The topological polar surface area (TPSA) is 65.6 Å². The maximum absolute atomic E-state index is 9.77. The van der Waals surface area contributed by atoms with Crippen molar-refractivity contribution in [1.29, 1.82) is 0 Å². The Morgan fingerprint density at radius 3 is 2.69 bits per heavy atom. The average Bonchev–Trinajstić information content (AvgIpc) is 2.76. The Hall–Kier alpha value is -0.840. The lowest BCUT2D eigenvalue weighted by atomic mass is 9.92. The fraction of sp³-hybridized carbons (Fsp3) is 0.667. The summed E-state index contributed by atoms with van der Waals surface area (Å²) >= 11 is 0. The van der Waals surface area contributed by atoms with Crippen LogP contribution in [-0.4, -0.2) is 22.4 Å². The number of aliphatic hydroxyl groups is 2. The second-order valence-electron chi connectivity index (χ2n) is 4.37. The summed E-state index contributed by atoms with van der Waals surface area (Å²) in [6.45, 7) is 0.549. The standard InChI is InChI=1S/C12H19NO3/c14-8-10-6-5-9(16-10)7-13-11-3-1-2-4-12(11)15/h5-6,11-15H,1-4,7-8H2. The van der Waals surface area contributed by atoms with Gasteiger partial charge in [0.2, 0.25) is 0 Å². The van der Waals surface area contributed by atoms with Crippen LogP contribution >= 0.6 is 0 Å².